The van der Waals surface area contributed by atoms with Gasteiger partial charge in [0.25, 0.3) is 0 Å². The highest BCUT2D eigenvalue weighted by atomic mass is 19.3. The highest BCUT2D eigenvalue weighted by molar-refractivity contribution is 5.70. The fraction of sp³-hybridized carbons (Fsp3) is 0.368. The highest BCUT2D eigenvalue weighted by Crippen LogP contribution is 2.28. The maximum atomic E-state index is 13.6. The number of alkyl halides is 2. The predicted molar refractivity (Wildman–Crippen MR) is 91.8 cm³/mol. The number of carbonyl (C=O) groups excluding carboxylic acids is 1. The molecule has 2 heterocycles. The van der Waals surface area contributed by atoms with Crippen LogP contribution in [-0.4, -0.2) is 35.2 Å². The van der Waals surface area contributed by atoms with Crippen LogP contribution in [0.1, 0.15) is 19.4 Å². The Hall–Kier alpha value is -2.77. The van der Waals surface area contributed by atoms with Gasteiger partial charge in [0.2, 0.25) is 0 Å². The largest absolute Gasteiger partial charge is 0.444 e. The summed E-state index contributed by atoms with van der Waals surface area (Å²) in [6, 6.07) is 5.47. The minimum atomic E-state index is -3.12. The Bertz CT molecular complexity index is 830. The van der Waals surface area contributed by atoms with Crippen molar-refractivity contribution < 1.29 is 27.4 Å². The second-order valence-electron chi connectivity index (χ2n) is 6.65. The Balaban J connectivity index is 1.79. The standard InChI is InChI=1S/C19H19F3N2O3/c1-11(2)17-10-24(19(25)27-17)9-12-5-14(8-23-7-12)13-3-4-15(20)16(6-13)26-18(21)22/h3-8,11,17-18H,9-10H2,1-2H3. The van der Waals surface area contributed by atoms with Crippen molar-refractivity contribution >= 4 is 6.09 Å². The summed E-state index contributed by atoms with van der Waals surface area (Å²) in [6.07, 6.45) is 2.61. The summed E-state index contributed by atoms with van der Waals surface area (Å²) < 4.78 is 47.9. The maximum absolute atomic E-state index is 13.6. The molecule has 0 N–H and O–H groups in total. The molecule has 5 nitrogen and oxygen atoms in total. The van der Waals surface area contributed by atoms with E-state index in [4.69, 9.17) is 4.74 Å². The number of halogens is 3. The first kappa shape index (κ1) is 19.0. The third-order valence-electron chi connectivity index (χ3n) is 4.30. The first-order chi connectivity index (χ1) is 12.8. The molecule has 144 valence electrons. The van der Waals surface area contributed by atoms with Crippen molar-refractivity contribution in [3.63, 3.8) is 0 Å². The van der Waals surface area contributed by atoms with Crippen LogP contribution >= 0.6 is 0 Å². The van der Waals surface area contributed by atoms with Gasteiger partial charge in [0.05, 0.1) is 13.1 Å². The summed E-state index contributed by atoms with van der Waals surface area (Å²) in [6.45, 7) is 1.65. The van der Waals surface area contributed by atoms with Crippen LogP contribution in [0.5, 0.6) is 5.75 Å². The minimum absolute atomic E-state index is 0.153. The van der Waals surface area contributed by atoms with Crippen LogP contribution in [0.25, 0.3) is 11.1 Å². The van der Waals surface area contributed by atoms with E-state index < -0.39 is 18.2 Å². The van der Waals surface area contributed by atoms with Crippen LogP contribution < -0.4 is 4.74 Å². The molecule has 0 radical (unpaired) electrons. The van der Waals surface area contributed by atoms with Gasteiger partial charge >= 0.3 is 12.7 Å². The molecular weight excluding hydrogens is 361 g/mol. The molecule has 1 aromatic heterocycles. The van der Waals surface area contributed by atoms with Gasteiger partial charge in [-0.15, -0.1) is 0 Å². The highest BCUT2D eigenvalue weighted by Gasteiger charge is 2.33. The lowest BCUT2D eigenvalue weighted by atomic mass is 10.0. The van der Waals surface area contributed by atoms with Crippen molar-refractivity contribution in [3.05, 3.63) is 48.0 Å². The number of carbonyl (C=O) groups is 1. The fourth-order valence-electron chi connectivity index (χ4n) is 2.83. The van der Waals surface area contributed by atoms with E-state index in [1.807, 2.05) is 13.8 Å². The van der Waals surface area contributed by atoms with Crippen molar-refractivity contribution in [2.45, 2.75) is 33.1 Å². The molecule has 27 heavy (non-hydrogen) atoms. The molecule has 1 unspecified atom stereocenters. The number of pyridine rings is 1. The molecule has 3 rings (SSSR count). The third-order valence-corrected chi connectivity index (χ3v) is 4.30. The van der Waals surface area contributed by atoms with Crippen LogP contribution in [-0.2, 0) is 11.3 Å². The lowest BCUT2D eigenvalue weighted by molar-refractivity contribution is -0.0521. The van der Waals surface area contributed by atoms with Gasteiger partial charge in [-0.2, -0.15) is 8.78 Å². The Kier molecular flexibility index (Phi) is 5.53. The van der Waals surface area contributed by atoms with E-state index in [2.05, 4.69) is 9.72 Å². The molecular formula is C19H19F3N2O3. The van der Waals surface area contributed by atoms with Crippen LogP contribution in [0.4, 0.5) is 18.0 Å². The van der Waals surface area contributed by atoms with Crippen molar-refractivity contribution in [1.82, 2.24) is 9.88 Å². The van der Waals surface area contributed by atoms with Gasteiger partial charge in [0, 0.05) is 18.0 Å². The molecule has 1 fully saturated rings. The number of nitrogens with zero attached hydrogens (tertiary/aromatic N) is 2. The molecule has 1 amide bonds. The molecule has 1 saturated heterocycles. The normalized spacial score (nSPS) is 16.9. The van der Waals surface area contributed by atoms with Gasteiger partial charge in [0.1, 0.15) is 6.10 Å². The summed E-state index contributed by atoms with van der Waals surface area (Å²) in [5, 5.41) is 0. The number of aromatic nitrogens is 1. The zero-order valence-electron chi connectivity index (χ0n) is 14.9. The van der Waals surface area contributed by atoms with Crippen molar-refractivity contribution in [2.75, 3.05) is 6.54 Å². The Morgan fingerprint density at radius 2 is 2.04 bits per heavy atom. The van der Waals surface area contributed by atoms with Gasteiger partial charge in [-0.05, 0) is 35.2 Å². The summed E-state index contributed by atoms with van der Waals surface area (Å²) in [5.41, 5.74) is 1.82. The average molecular weight is 380 g/mol. The molecule has 2 aromatic rings. The smallest absolute Gasteiger partial charge is 0.410 e. The monoisotopic (exact) mass is 380 g/mol. The van der Waals surface area contributed by atoms with E-state index in [1.54, 1.807) is 17.2 Å². The molecule has 1 aliphatic heterocycles. The Labute approximate surface area is 154 Å². The number of hydrogen-bond donors (Lipinski definition) is 0. The second-order valence-corrected chi connectivity index (χ2v) is 6.65. The van der Waals surface area contributed by atoms with E-state index >= 15 is 0 Å². The molecule has 8 heteroatoms. The number of ether oxygens (including phenoxy) is 2. The molecule has 0 aliphatic carbocycles. The van der Waals surface area contributed by atoms with Gasteiger partial charge in [-0.3, -0.25) is 4.98 Å². The van der Waals surface area contributed by atoms with Crippen LogP contribution in [0, 0.1) is 11.7 Å². The lowest BCUT2D eigenvalue weighted by Gasteiger charge is -2.14. The topological polar surface area (TPSA) is 51.7 Å². The first-order valence-corrected chi connectivity index (χ1v) is 8.47. The summed E-state index contributed by atoms with van der Waals surface area (Å²) in [7, 11) is 0. The van der Waals surface area contributed by atoms with Gasteiger partial charge in [-0.25, -0.2) is 9.18 Å². The molecule has 1 atom stereocenters. The zero-order valence-corrected chi connectivity index (χ0v) is 14.9. The number of cyclic esters (lactones) is 1. The average Bonchev–Trinajstić information content (AvgIpc) is 2.98. The number of hydrogen-bond acceptors (Lipinski definition) is 4. The van der Waals surface area contributed by atoms with E-state index in [-0.39, 0.29) is 18.1 Å². The van der Waals surface area contributed by atoms with Crippen LogP contribution in [0.15, 0.2) is 36.7 Å². The van der Waals surface area contributed by atoms with Crippen molar-refractivity contribution in [3.8, 4) is 16.9 Å². The van der Waals surface area contributed by atoms with Crippen molar-refractivity contribution in [1.29, 1.82) is 0 Å². The summed E-state index contributed by atoms with van der Waals surface area (Å²) in [5.74, 6) is -1.19. The number of rotatable bonds is 6. The van der Waals surface area contributed by atoms with E-state index in [1.165, 1.54) is 18.3 Å². The Morgan fingerprint density at radius 1 is 1.26 bits per heavy atom. The number of amides is 1. The minimum Gasteiger partial charge on any atom is -0.444 e. The van der Waals surface area contributed by atoms with Crippen LogP contribution in [0.3, 0.4) is 0 Å². The van der Waals surface area contributed by atoms with Gasteiger partial charge in [-0.1, -0.05) is 19.9 Å². The molecule has 0 saturated carbocycles. The second kappa shape index (κ2) is 7.85. The van der Waals surface area contributed by atoms with E-state index in [9.17, 15) is 18.0 Å². The van der Waals surface area contributed by atoms with E-state index in [0.29, 0.717) is 24.2 Å². The number of benzene rings is 1. The zero-order chi connectivity index (χ0) is 19.6. The van der Waals surface area contributed by atoms with E-state index in [0.717, 1.165) is 11.6 Å². The fourth-order valence-corrected chi connectivity index (χ4v) is 2.83. The third kappa shape index (κ3) is 4.50. The van der Waals surface area contributed by atoms with Gasteiger partial charge in [0.15, 0.2) is 11.6 Å². The summed E-state index contributed by atoms with van der Waals surface area (Å²) >= 11 is 0. The predicted octanol–water partition coefficient (Wildman–Crippen LogP) is 4.47. The molecule has 1 aromatic carbocycles. The molecule has 0 spiro atoms. The Morgan fingerprint density at radius 3 is 2.70 bits per heavy atom. The SMILES string of the molecule is CC(C)C1CN(Cc2cncc(-c3ccc(F)c(OC(F)F)c3)c2)C(=O)O1. The van der Waals surface area contributed by atoms with Crippen LogP contribution in [0.2, 0.25) is 0 Å². The maximum Gasteiger partial charge on any atom is 0.410 e. The lowest BCUT2D eigenvalue weighted by Crippen LogP contribution is -2.26. The van der Waals surface area contributed by atoms with Gasteiger partial charge < -0.3 is 14.4 Å². The molecule has 0 bridgehead atoms. The molecule has 1 aliphatic rings. The first-order valence-electron chi connectivity index (χ1n) is 8.47. The van der Waals surface area contributed by atoms with Crippen molar-refractivity contribution in [2.24, 2.45) is 5.92 Å². The quantitative estimate of drug-likeness (QED) is 0.742. The summed E-state index contributed by atoms with van der Waals surface area (Å²) in [4.78, 5) is 17.7.